The second kappa shape index (κ2) is 10.2. The second-order valence-corrected chi connectivity index (χ2v) is 8.01. The highest BCUT2D eigenvalue weighted by Crippen LogP contribution is 2.27. The van der Waals surface area contributed by atoms with Gasteiger partial charge in [-0.05, 0) is 65.2 Å². The van der Waals surface area contributed by atoms with Gasteiger partial charge in [-0.1, -0.05) is 0 Å². The number of carbonyl (C=O) groups is 3. The number of ether oxygens (including phenoxy) is 2. The normalized spacial score (nSPS) is 16.7. The van der Waals surface area contributed by atoms with Gasteiger partial charge in [0.25, 0.3) is 5.91 Å². The molecular formula is C24H32N2O6. The molecule has 1 amide bonds. The summed E-state index contributed by atoms with van der Waals surface area (Å²) in [4.78, 5) is 41.0. The van der Waals surface area contributed by atoms with Crippen molar-refractivity contribution in [3.63, 3.8) is 0 Å². The molecule has 0 radical (unpaired) electrons. The molecule has 1 aliphatic rings. The number of rotatable bonds is 9. The highest BCUT2D eigenvalue weighted by atomic mass is 16.5. The van der Waals surface area contributed by atoms with Gasteiger partial charge < -0.3 is 23.4 Å². The Balaban J connectivity index is 1.97. The molecule has 8 heteroatoms. The molecule has 0 aromatic carbocycles. The fourth-order valence-corrected chi connectivity index (χ4v) is 4.43. The predicted octanol–water partition coefficient (Wildman–Crippen LogP) is 3.79. The Kier molecular flexibility index (Phi) is 7.56. The third-order valence-electron chi connectivity index (χ3n) is 6.06. The van der Waals surface area contributed by atoms with E-state index in [0.717, 1.165) is 12.8 Å². The van der Waals surface area contributed by atoms with Gasteiger partial charge in [-0.2, -0.15) is 0 Å². The zero-order valence-corrected chi connectivity index (χ0v) is 19.5. The third kappa shape index (κ3) is 4.50. The van der Waals surface area contributed by atoms with Crippen molar-refractivity contribution in [3.8, 4) is 0 Å². The molecule has 2 aromatic rings. The summed E-state index contributed by atoms with van der Waals surface area (Å²) in [5.74, 6) is -0.864. The molecule has 0 N–H and O–H groups in total. The average molecular weight is 445 g/mol. The first-order valence-corrected chi connectivity index (χ1v) is 11.2. The van der Waals surface area contributed by atoms with Gasteiger partial charge in [0.15, 0.2) is 11.5 Å². The molecule has 32 heavy (non-hydrogen) atoms. The molecule has 8 nitrogen and oxygen atoms in total. The van der Waals surface area contributed by atoms with Crippen LogP contribution < -0.4 is 0 Å². The molecule has 1 saturated heterocycles. The standard InChI is InChI=1S/C24H32N2O6/c1-6-25-16(4)20(15(3)21(25)24(29)30-7-2)22(27)17(5)26(14-18-10-8-12-31-18)23(28)19-11-9-13-32-19/h9,11,13,17-18H,6-8,10,12,14H2,1-5H3. The Hall–Kier alpha value is -2.87. The molecule has 2 unspecified atom stereocenters. The van der Waals surface area contributed by atoms with E-state index in [1.54, 1.807) is 37.5 Å². The van der Waals surface area contributed by atoms with Crippen LogP contribution in [0.25, 0.3) is 0 Å². The minimum Gasteiger partial charge on any atom is -0.461 e. The Bertz CT molecular complexity index is 969. The van der Waals surface area contributed by atoms with Crippen LogP contribution in [0, 0.1) is 13.8 Å². The predicted molar refractivity (Wildman–Crippen MR) is 118 cm³/mol. The summed E-state index contributed by atoms with van der Waals surface area (Å²) >= 11 is 0. The van der Waals surface area contributed by atoms with Crippen molar-refractivity contribution >= 4 is 17.7 Å². The van der Waals surface area contributed by atoms with Crippen LogP contribution in [0.5, 0.6) is 0 Å². The van der Waals surface area contributed by atoms with Crippen LogP contribution in [0.4, 0.5) is 0 Å². The Labute approximate surface area is 188 Å². The average Bonchev–Trinajstić information content (AvgIpc) is 3.52. The Morgan fingerprint density at radius 1 is 1.28 bits per heavy atom. The van der Waals surface area contributed by atoms with Crippen LogP contribution in [0.1, 0.15) is 76.3 Å². The van der Waals surface area contributed by atoms with E-state index in [0.29, 0.717) is 42.2 Å². The molecule has 0 spiro atoms. The molecule has 0 aliphatic carbocycles. The molecule has 0 bridgehead atoms. The molecule has 1 fully saturated rings. The van der Waals surface area contributed by atoms with Gasteiger partial charge in [0.1, 0.15) is 5.69 Å². The third-order valence-corrected chi connectivity index (χ3v) is 6.06. The molecule has 0 saturated carbocycles. The zero-order chi connectivity index (χ0) is 23.4. The van der Waals surface area contributed by atoms with Gasteiger partial charge in [0, 0.05) is 31.0 Å². The summed E-state index contributed by atoms with van der Waals surface area (Å²) in [6.45, 7) is 10.7. The van der Waals surface area contributed by atoms with E-state index in [9.17, 15) is 14.4 Å². The fourth-order valence-electron chi connectivity index (χ4n) is 4.43. The quantitative estimate of drug-likeness (QED) is 0.432. The monoisotopic (exact) mass is 444 g/mol. The van der Waals surface area contributed by atoms with Gasteiger partial charge in [0.2, 0.25) is 0 Å². The van der Waals surface area contributed by atoms with Gasteiger partial charge >= 0.3 is 5.97 Å². The number of furan rings is 1. The molecule has 2 atom stereocenters. The van der Waals surface area contributed by atoms with Gasteiger partial charge in [0.05, 0.1) is 25.0 Å². The Morgan fingerprint density at radius 2 is 2.03 bits per heavy atom. The van der Waals surface area contributed by atoms with Crippen LogP contribution in [-0.2, 0) is 16.0 Å². The van der Waals surface area contributed by atoms with Crippen LogP contribution in [0.15, 0.2) is 22.8 Å². The molecule has 174 valence electrons. The van der Waals surface area contributed by atoms with Crippen molar-refractivity contribution in [2.45, 2.75) is 66.2 Å². The summed E-state index contributed by atoms with van der Waals surface area (Å²) in [6.07, 6.45) is 3.07. The largest absolute Gasteiger partial charge is 0.461 e. The highest BCUT2D eigenvalue weighted by molar-refractivity contribution is 6.07. The topological polar surface area (TPSA) is 91.0 Å². The molecule has 2 aromatic heterocycles. The van der Waals surface area contributed by atoms with Gasteiger partial charge in [-0.3, -0.25) is 9.59 Å². The first-order chi connectivity index (χ1) is 15.3. The first kappa shape index (κ1) is 23.8. The molecular weight excluding hydrogens is 412 g/mol. The minimum atomic E-state index is -0.767. The maximum Gasteiger partial charge on any atom is 0.355 e. The van der Waals surface area contributed by atoms with Gasteiger partial charge in [-0.25, -0.2) is 4.79 Å². The number of hydrogen-bond acceptors (Lipinski definition) is 6. The SMILES string of the molecule is CCOC(=O)c1c(C)c(C(=O)C(C)N(CC2CCCO2)C(=O)c2ccco2)c(C)n1CC. The zero-order valence-electron chi connectivity index (χ0n) is 19.5. The molecule has 3 rings (SSSR count). The lowest BCUT2D eigenvalue weighted by Gasteiger charge is -2.30. The van der Waals surface area contributed by atoms with Crippen LogP contribution in [0.2, 0.25) is 0 Å². The van der Waals surface area contributed by atoms with E-state index >= 15 is 0 Å². The fraction of sp³-hybridized carbons (Fsp3) is 0.542. The van der Waals surface area contributed by atoms with E-state index < -0.39 is 12.0 Å². The van der Waals surface area contributed by atoms with Crippen molar-refractivity contribution in [1.82, 2.24) is 9.47 Å². The smallest absolute Gasteiger partial charge is 0.355 e. The molecule has 1 aliphatic heterocycles. The maximum atomic E-state index is 13.7. The van der Waals surface area contributed by atoms with E-state index in [1.165, 1.54) is 11.2 Å². The van der Waals surface area contributed by atoms with E-state index in [1.807, 2.05) is 13.8 Å². The van der Waals surface area contributed by atoms with Gasteiger partial charge in [-0.15, -0.1) is 0 Å². The summed E-state index contributed by atoms with van der Waals surface area (Å²) in [6, 6.07) is 2.47. The van der Waals surface area contributed by atoms with E-state index in [-0.39, 0.29) is 30.2 Å². The van der Waals surface area contributed by atoms with Crippen molar-refractivity contribution in [2.75, 3.05) is 19.8 Å². The lowest BCUT2D eigenvalue weighted by Crippen LogP contribution is -2.47. The number of aromatic nitrogens is 1. The van der Waals surface area contributed by atoms with E-state index in [2.05, 4.69) is 0 Å². The number of Topliss-reactive ketones (excluding diaryl/α,β-unsaturated/α-hetero) is 1. The summed E-state index contributed by atoms with van der Waals surface area (Å²) in [5.41, 5.74) is 2.09. The number of carbonyl (C=O) groups excluding carboxylic acids is 3. The minimum absolute atomic E-state index is 0.123. The van der Waals surface area contributed by atoms with Crippen LogP contribution in [-0.4, -0.2) is 59.0 Å². The van der Waals surface area contributed by atoms with Crippen molar-refractivity contribution in [1.29, 1.82) is 0 Å². The Morgan fingerprint density at radius 3 is 2.59 bits per heavy atom. The lowest BCUT2D eigenvalue weighted by molar-refractivity contribution is 0.0390. The first-order valence-electron chi connectivity index (χ1n) is 11.2. The number of ketones is 1. The van der Waals surface area contributed by atoms with Crippen LogP contribution in [0.3, 0.4) is 0 Å². The van der Waals surface area contributed by atoms with Crippen molar-refractivity contribution < 1.29 is 28.3 Å². The number of hydrogen-bond donors (Lipinski definition) is 0. The summed E-state index contributed by atoms with van der Waals surface area (Å²) < 4.78 is 18.1. The van der Waals surface area contributed by atoms with Crippen molar-refractivity contribution in [3.05, 3.63) is 46.7 Å². The summed E-state index contributed by atoms with van der Waals surface area (Å²) in [5, 5.41) is 0. The number of nitrogens with zero attached hydrogens (tertiary/aromatic N) is 2. The number of amides is 1. The number of esters is 1. The lowest BCUT2D eigenvalue weighted by atomic mass is 9.99. The van der Waals surface area contributed by atoms with E-state index in [4.69, 9.17) is 13.9 Å². The van der Waals surface area contributed by atoms with Crippen molar-refractivity contribution in [2.24, 2.45) is 0 Å². The van der Waals surface area contributed by atoms with Crippen LogP contribution >= 0.6 is 0 Å². The maximum absolute atomic E-state index is 13.7. The summed E-state index contributed by atoms with van der Waals surface area (Å²) in [7, 11) is 0. The second-order valence-electron chi connectivity index (χ2n) is 8.01. The highest BCUT2D eigenvalue weighted by Gasteiger charge is 2.35. The molecule has 3 heterocycles.